The van der Waals surface area contributed by atoms with Gasteiger partial charge in [-0.3, -0.25) is 14.9 Å². The highest BCUT2D eigenvalue weighted by Gasteiger charge is 2.29. The summed E-state index contributed by atoms with van der Waals surface area (Å²) in [6.45, 7) is 4.69. The molecule has 1 aromatic carbocycles. The van der Waals surface area contributed by atoms with Gasteiger partial charge in [-0.05, 0) is 68.7 Å². The number of hydrogen-bond donors (Lipinski definition) is 2. The Hall–Kier alpha value is -2.68. The van der Waals surface area contributed by atoms with Crippen LogP contribution in [0, 0.1) is 12.8 Å². The van der Waals surface area contributed by atoms with Crippen LogP contribution in [0.2, 0.25) is 0 Å². The highest BCUT2D eigenvalue weighted by molar-refractivity contribution is 7.17. The maximum Gasteiger partial charge on any atom is 0.308 e. The van der Waals surface area contributed by atoms with E-state index in [2.05, 4.69) is 5.32 Å². The Bertz CT molecular complexity index is 1150. The number of methoxy groups -OCH3 is 1. The second-order valence-electron chi connectivity index (χ2n) is 8.89. The average molecular weight is 484 g/mol. The number of nitrogens with zero attached hydrogens (tertiary/aromatic N) is 2. The van der Waals surface area contributed by atoms with Gasteiger partial charge in [0.15, 0.2) is 0 Å². The largest absolute Gasteiger partial charge is 0.469 e. The van der Waals surface area contributed by atoms with E-state index >= 15 is 0 Å². The summed E-state index contributed by atoms with van der Waals surface area (Å²) in [5, 5.41) is 16.4. The van der Waals surface area contributed by atoms with Crippen molar-refractivity contribution in [2.75, 3.05) is 18.6 Å². The maximum atomic E-state index is 13.4. The van der Waals surface area contributed by atoms with Crippen molar-refractivity contribution < 1.29 is 19.4 Å². The Morgan fingerprint density at radius 2 is 1.97 bits per heavy atom. The zero-order chi connectivity index (χ0) is 24.2. The van der Waals surface area contributed by atoms with Gasteiger partial charge in [-0.15, -0.1) is 11.3 Å². The molecule has 1 atom stereocenters. The van der Waals surface area contributed by atoms with Gasteiger partial charge in [0.25, 0.3) is 0 Å². The molecule has 1 amide bonds. The van der Waals surface area contributed by atoms with Crippen molar-refractivity contribution in [1.29, 1.82) is 0 Å². The number of aliphatic hydroxyl groups is 1. The van der Waals surface area contributed by atoms with E-state index in [4.69, 9.17) is 4.74 Å². The van der Waals surface area contributed by atoms with E-state index in [0.29, 0.717) is 12.2 Å². The summed E-state index contributed by atoms with van der Waals surface area (Å²) in [5.41, 5.74) is 3.59. The van der Waals surface area contributed by atoms with Crippen molar-refractivity contribution in [3.63, 3.8) is 0 Å². The maximum absolute atomic E-state index is 13.4. The summed E-state index contributed by atoms with van der Waals surface area (Å²) in [6, 6.07) is 12.0. The molecule has 7 nitrogen and oxygen atoms in total. The fourth-order valence-electron chi connectivity index (χ4n) is 4.94. The Labute approximate surface area is 204 Å². The number of likely N-dealkylation sites (N-methyl/N-ethyl adjacent to an activating group) is 1. The number of aryl methyl sites for hydroxylation is 1. The molecule has 8 heteroatoms. The Morgan fingerprint density at radius 3 is 2.65 bits per heavy atom. The third-order valence-electron chi connectivity index (χ3n) is 6.81. The number of carbonyl (C=O) groups excluding carboxylic acids is 2. The number of aromatic nitrogens is 1. The van der Waals surface area contributed by atoms with Gasteiger partial charge >= 0.3 is 5.97 Å². The van der Waals surface area contributed by atoms with Crippen LogP contribution in [0.3, 0.4) is 0 Å². The Balaban J connectivity index is 1.51. The van der Waals surface area contributed by atoms with Gasteiger partial charge in [0.05, 0.1) is 28.9 Å². The number of thiophene rings is 1. The second-order valence-corrected chi connectivity index (χ2v) is 9.84. The predicted octanol–water partition coefficient (Wildman–Crippen LogP) is 4.38. The van der Waals surface area contributed by atoms with E-state index in [0.717, 1.165) is 47.2 Å². The molecule has 1 aliphatic rings. The number of hydrogen-bond acceptors (Lipinski definition) is 6. The molecule has 2 heterocycles. The molecule has 0 radical (unpaired) electrons. The summed E-state index contributed by atoms with van der Waals surface area (Å²) < 4.78 is 7.84. The van der Waals surface area contributed by atoms with Gasteiger partial charge in [-0.25, -0.2) is 0 Å². The molecule has 2 aromatic heterocycles. The van der Waals surface area contributed by atoms with E-state index in [9.17, 15) is 14.7 Å². The molecule has 3 aromatic rings. The van der Waals surface area contributed by atoms with Gasteiger partial charge in [-0.1, -0.05) is 18.2 Å². The molecule has 1 fully saturated rings. The monoisotopic (exact) mass is 483 g/mol. The fourth-order valence-corrected chi connectivity index (χ4v) is 5.77. The third-order valence-corrected chi connectivity index (χ3v) is 7.66. The second kappa shape index (κ2) is 10.7. The number of ether oxygens (including phenoxy) is 1. The van der Waals surface area contributed by atoms with Gasteiger partial charge in [0, 0.05) is 18.3 Å². The molecular formula is C26H33N3O4S. The first kappa shape index (κ1) is 24.4. The van der Waals surface area contributed by atoms with Crippen LogP contribution in [-0.4, -0.2) is 41.2 Å². The van der Waals surface area contributed by atoms with Crippen LogP contribution in [0.15, 0.2) is 41.8 Å². The van der Waals surface area contributed by atoms with Crippen molar-refractivity contribution in [1.82, 2.24) is 9.88 Å². The van der Waals surface area contributed by atoms with E-state index in [1.807, 2.05) is 60.2 Å². The summed E-state index contributed by atoms with van der Waals surface area (Å²) >= 11 is 1.60. The lowest BCUT2D eigenvalue weighted by Crippen LogP contribution is -2.39. The minimum Gasteiger partial charge on any atom is -0.469 e. The molecule has 0 aliphatic heterocycles. The number of para-hydroxylation sites is 1. The number of benzene rings is 1. The molecule has 4 rings (SSSR count). The lowest BCUT2D eigenvalue weighted by Gasteiger charge is -2.30. The van der Waals surface area contributed by atoms with Crippen molar-refractivity contribution in [2.24, 2.45) is 5.92 Å². The number of nitrogens with one attached hydrogen (secondary N) is 1. The predicted molar refractivity (Wildman–Crippen MR) is 135 cm³/mol. The van der Waals surface area contributed by atoms with Crippen LogP contribution in [0.5, 0.6) is 0 Å². The topological polar surface area (TPSA) is 83.8 Å². The lowest BCUT2D eigenvalue weighted by molar-refractivity contribution is -0.146. The number of amides is 1. The summed E-state index contributed by atoms with van der Waals surface area (Å²) in [4.78, 5) is 27.0. The number of aliphatic hydroxyl groups excluding tert-OH is 1. The summed E-state index contributed by atoms with van der Waals surface area (Å²) in [6.07, 6.45) is 2.17. The van der Waals surface area contributed by atoms with Crippen LogP contribution in [0.4, 0.5) is 5.69 Å². The van der Waals surface area contributed by atoms with Gasteiger partial charge in [-0.2, -0.15) is 0 Å². The Kier molecular flexibility index (Phi) is 7.70. The SMILES string of the molecule is CCN(C(=O)Cn1c(C(O)N[C@H]2CC[C@H](C(=O)OC)CC2)cc2sccc21)c1ccccc1C. The standard InChI is InChI=1S/C26H33N3O4S/c1-4-28(20-8-6-5-7-17(20)2)24(30)16-29-21-13-14-34-23(21)15-22(29)25(31)27-19-11-9-18(10-12-19)26(32)33-3/h5-8,13-15,18-19,25,27,31H,4,9-12,16H2,1-3H3/t18-,19-,25?. The van der Waals surface area contributed by atoms with Crippen LogP contribution >= 0.6 is 11.3 Å². The first-order valence-corrected chi connectivity index (χ1v) is 12.8. The zero-order valence-electron chi connectivity index (χ0n) is 20.0. The van der Waals surface area contributed by atoms with Crippen LogP contribution in [-0.2, 0) is 20.9 Å². The summed E-state index contributed by atoms with van der Waals surface area (Å²) in [5.74, 6) is -0.234. The highest BCUT2D eigenvalue weighted by atomic mass is 32.1. The van der Waals surface area contributed by atoms with Crippen LogP contribution < -0.4 is 10.2 Å². The zero-order valence-corrected chi connectivity index (χ0v) is 20.8. The van der Waals surface area contributed by atoms with E-state index in [-0.39, 0.29) is 30.4 Å². The minimum absolute atomic E-state index is 0.0208. The minimum atomic E-state index is -0.902. The molecule has 0 spiro atoms. The number of esters is 1. The van der Waals surface area contributed by atoms with Gasteiger partial charge in [0.1, 0.15) is 12.8 Å². The van der Waals surface area contributed by atoms with Crippen molar-refractivity contribution in [3.8, 4) is 0 Å². The molecule has 1 aliphatic carbocycles. The van der Waals surface area contributed by atoms with Crippen LogP contribution in [0.25, 0.3) is 10.2 Å². The summed E-state index contributed by atoms with van der Waals surface area (Å²) in [7, 11) is 1.43. The molecule has 34 heavy (non-hydrogen) atoms. The van der Waals surface area contributed by atoms with Crippen molar-refractivity contribution in [3.05, 3.63) is 53.0 Å². The number of fused-ring (bicyclic) bond motifs is 1. The molecule has 0 bridgehead atoms. The van der Waals surface area contributed by atoms with E-state index in [1.54, 1.807) is 16.2 Å². The first-order valence-electron chi connectivity index (χ1n) is 11.9. The van der Waals surface area contributed by atoms with E-state index < -0.39 is 6.23 Å². The normalized spacial score (nSPS) is 19.2. The van der Waals surface area contributed by atoms with Crippen LogP contribution in [0.1, 0.15) is 50.1 Å². The lowest BCUT2D eigenvalue weighted by atomic mass is 9.86. The van der Waals surface area contributed by atoms with Gasteiger partial charge in [0.2, 0.25) is 5.91 Å². The number of anilines is 1. The quantitative estimate of drug-likeness (QED) is 0.367. The molecule has 1 saturated carbocycles. The Morgan fingerprint density at radius 1 is 1.24 bits per heavy atom. The smallest absolute Gasteiger partial charge is 0.308 e. The molecule has 0 saturated heterocycles. The number of rotatable bonds is 8. The van der Waals surface area contributed by atoms with Crippen molar-refractivity contribution >= 4 is 39.1 Å². The van der Waals surface area contributed by atoms with Gasteiger partial charge < -0.3 is 19.3 Å². The average Bonchev–Trinajstić information content (AvgIpc) is 3.43. The number of carbonyl (C=O) groups is 2. The molecule has 2 N–H and O–H groups in total. The molecular weight excluding hydrogens is 450 g/mol. The molecule has 1 unspecified atom stereocenters. The first-order chi connectivity index (χ1) is 16.4. The third kappa shape index (κ3) is 5.04. The fraction of sp³-hybridized carbons (Fsp3) is 0.462. The van der Waals surface area contributed by atoms with E-state index in [1.165, 1.54) is 7.11 Å². The van der Waals surface area contributed by atoms with Crippen molar-refractivity contribution in [2.45, 2.75) is 58.3 Å². The highest BCUT2D eigenvalue weighted by Crippen LogP contribution is 2.31. The molecule has 182 valence electrons.